The Labute approximate surface area is 153 Å². The highest BCUT2D eigenvalue weighted by molar-refractivity contribution is 7.89. The fourth-order valence-electron chi connectivity index (χ4n) is 3.44. The van der Waals surface area contributed by atoms with Crippen molar-refractivity contribution in [3.05, 3.63) is 54.6 Å². The van der Waals surface area contributed by atoms with Crippen molar-refractivity contribution in [3.8, 4) is 11.5 Å². The van der Waals surface area contributed by atoms with Crippen molar-refractivity contribution in [1.82, 2.24) is 9.62 Å². The number of benzene rings is 2. The Hall–Kier alpha value is -1.93. The third kappa shape index (κ3) is 3.48. The highest BCUT2D eigenvalue weighted by atomic mass is 32.2. The third-order valence-electron chi connectivity index (χ3n) is 4.90. The zero-order valence-electron chi connectivity index (χ0n) is 14.4. The van der Waals surface area contributed by atoms with Crippen LogP contribution in [0.25, 0.3) is 0 Å². The monoisotopic (exact) mass is 374 g/mol. The molecule has 6 nitrogen and oxygen atoms in total. The van der Waals surface area contributed by atoms with E-state index in [1.54, 1.807) is 24.3 Å². The number of hydrogen-bond acceptors (Lipinski definition) is 5. The molecule has 7 heteroatoms. The van der Waals surface area contributed by atoms with Crippen LogP contribution in [0.4, 0.5) is 0 Å². The Morgan fingerprint density at radius 3 is 2.23 bits per heavy atom. The Kier molecular flexibility index (Phi) is 4.71. The maximum atomic E-state index is 12.9. The molecular weight excluding hydrogens is 352 g/mol. The lowest BCUT2D eigenvalue weighted by Crippen LogP contribution is -2.52. The van der Waals surface area contributed by atoms with Gasteiger partial charge in [-0.1, -0.05) is 18.2 Å². The van der Waals surface area contributed by atoms with Gasteiger partial charge in [0.1, 0.15) is 17.2 Å². The molecule has 1 N–H and O–H groups in total. The molecular formula is C19H22N2O4S. The molecule has 4 rings (SSSR count). The summed E-state index contributed by atoms with van der Waals surface area (Å²) in [5.74, 6) is 1.32. The lowest BCUT2D eigenvalue weighted by molar-refractivity contribution is -0.0445. The van der Waals surface area contributed by atoms with Gasteiger partial charge in [0.05, 0.1) is 11.5 Å². The zero-order valence-corrected chi connectivity index (χ0v) is 15.2. The van der Waals surface area contributed by atoms with E-state index in [0.29, 0.717) is 44.0 Å². The molecule has 2 aliphatic heterocycles. The summed E-state index contributed by atoms with van der Waals surface area (Å²) in [6, 6.07) is 16.0. The molecule has 2 saturated heterocycles. The van der Waals surface area contributed by atoms with Crippen molar-refractivity contribution < 1.29 is 17.9 Å². The van der Waals surface area contributed by atoms with Gasteiger partial charge in [0.15, 0.2) is 0 Å². The maximum Gasteiger partial charge on any atom is 0.243 e. The van der Waals surface area contributed by atoms with E-state index in [1.807, 2.05) is 30.3 Å². The van der Waals surface area contributed by atoms with E-state index in [9.17, 15) is 8.42 Å². The normalized spacial score (nSPS) is 20.3. The smallest absolute Gasteiger partial charge is 0.243 e. The van der Waals surface area contributed by atoms with Gasteiger partial charge < -0.3 is 9.47 Å². The predicted molar refractivity (Wildman–Crippen MR) is 97.6 cm³/mol. The highest BCUT2D eigenvalue weighted by Crippen LogP contribution is 2.30. The Bertz CT molecular complexity index is 837. The van der Waals surface area contributed by atoms with Crippen molar-refractivity contribution in [3.63, 3.8) is 0 Å². The first-order valence-electron chi connectivity index (χ1n) is 8.80. The molecule has 2 heterocycles. The molecule has 0 bridgehead atoms. The Balaban J connectivity index is 1.44. The van der Waals surface area contributed by atoms with Crippen LogP contribution >= 0.6 is 0 Å². The van der Waals surface area contributed by atoms with Gasteiger partial charge in [-0.25, -0.2) is 8.42 Å². The van der Waals surface area contributed by atoms with Gasteiger partial charge in [0.2, 0.25) is 10.0 Å². The Morgan fingerprint density at radius 2 is 1.62 bits per heavy atom. The Morgan fingerprint density at radius 1 is 0.962 bits per heavy atom. The molecule has 0 saturated carbocycles. The molecule has 0 aromatic heterocycles. The van der Waals surface area contributed by atoms with Crippen LogP contribution in [-0.2, 0) is 14.8 Å². The third-order valence-corrected chi connectivity index (χ3v) is 6.81. The van der Waals surface area contributed by atoms with Crippen LogP contribution in [0.3, 0.4) is 0 Å². The molecule has 2 aromatic carbocycles. The average Bonchev–Trinajstić information content (AvgIpc) is 3.11. The van der Waals surface area contributed by atoms with Crippen LogP contribution in [-0.4, -0.2) is 44.7 Å². The lowest BCUT2D eigenvalue weighted by Gasteiger charge is -2.37. The van der Waals surface area contributed by atoms with Crippen molar-refractivity contribution in [1.29, 1.82) is 0 Å². The van der Waals surface area contributed by atoms with E-state index in [4.69, 9.17) is 9.47 Å². The van der Waals surface area contributed by atoms with Gasteiger partial charge in [-0.2, -0.15) is 4.31 Å². The number of para-hydroxylation sites is 1. The van der Waals surface area contributed by atoms with E-state index in [0.717, 1.165) is 6.54 Å². The molecule has 1 spiro atoms. The number of sulfonamides is 1. The molecule has 2 aliphatic rings. The highest BCUT2D eigenvalue weighted by Gasteiger charge is 2.41. The van der Waals surface area contributed by atoms with E-state index in [-0.39, 0.29) is 10.6 Å². The van der Waals surface area contributed by atoms with Crippen LogP contribution in [0.2, 0.25) is 0 Å². The van der Waals surface area contributed by atoms with Gasteiger partial charge in [0, 0.05) is 32.5 Å². The van der Waals surface area contributed by atoms with Crippen molar-refractivity contribution in [2.75, 3.05) is 26.2 Å². The second-order valence-electron chi connectivity index (χ2n) is 6.56. The quantitative estimate of drug-likeness (QED) is 0.891. The van der Waals surface area contributed by atoms with Gasteiger partial charge in [0.25, 0.3) is 0 Å². The van der Waals surface area contributed by atoms with Crippen LogP contribution in [0, 0.1) is 0 Å². The summed E-state index contributed by atoms with van der Waals surface area (Å²) >= 11 is 0. The number of hydrogen-bond donors (Lipinski definition) is 1. The van der Waals surface area contributed by atoms with Gasteiger partial charge >= 0.3 is 0 Å². The fourth-order valence-corrected chi connectivity index (χ4v) is 4.88. The zero-order chi connectivity index (χ0) is 18.0. The summed E-state index contributed by atoms with van der Waals surface area (Å²) in [5.41, 5.74) is -0.334. The summed E-state index contributed by atoms with van der Waals surface area (Å²) in [7, 11) is -3.50. The fraction of sp³-hybridized carbons (Fsp3) is 0.368. The van der Waals surface area contributed by atoms with E-state index < -0.39 is 10.0 Å². The van der Waals surface area contributed by atoms with Crippen LogP contribution < -0.4 is 10.1 Å². The van der Waals surface area contributed by atoms with Crippen LogP contribution in [0.1, 0.15) is 12.8 Å². The molecule has 2 fully saturated rings. The van der Waals surface area contributed by atoms with Gasteiger partial charge in [-0.15, -0.1) is 0 Å². The molecule has 26 heavy (non-hydrogen) atoms. The second kappa shape index (κ2) is 7.00. The molecule has 0 atom stereocenters. The SMILES string of the molecule is O=S(=O)(c1ccc(Oc2ccccc2)cc1)N1CCC2(CC1)NCCO2. The molecule has 0 aliphatic carbocycles. The van der Waals surface area contributed by atoms with Gasteiger partial charge in [-0.3, -0.25) is 5.32 Å². The minimum Gasteiger partial charge on any atom is -0.457 e. The minimum atomic E-state index is -3.50. The lowest BCUT2D eigenvalue weighted by atomic mass is 10.0. The van der Waals surface area contributed by atoms with Gasteiger partial charge in [-0.05, 0) is 36.4 Å². The summed E-state index contributed by atoms with van der Waals surface area (Å²) in [6.45, 7) is 2.43. The predicted octanol–water partition coefficient (Wildman–Crippen LogP) is 2.58. The number of nitrogens with one attached hydrogen (secondary N) is 1. The maximum absolute atomic E-state index is 12.9. The molecule has 0 radical (unpaired) electrons. The second-order valence-corrected chi connectivity index (χ2v) is 8.50. The summed E-state index contributed by atoms with van der Waals surface area (Å²) < 4.78 is 38.8. The molecule has 0 amide bonds. The van der Waals surface area contributed by atoms with E-state index >= 15 is 0 Å². The number of rotatable bonds is 4. The average molecular weight is 374 g/mol. The standard InChI is InChI=1S/C19H22N2O4S/c22-26(23,21-13-10-19(11-14-21)20-12-15-24-19)18-8-6-17(7-9-18)25-16-4-2-1-3-5-16/h1-9,20H,10-15H2. The number of ether oxygens (including phenoxy) is 2. The topological polar surface area (TPSA) is 67.9 Å². The largest absolute Gasteiger partial charge is 0.457 e. The van der Waals surface area contributed by atoms with Crippen molar-refractivity contribution >= 4 is 10.0 Å². The van der Waals surface area contributed by atoms with Crippen molar-refractivity contribution in [2.45, 2.75) is 23.5 Å². The van der Waals surface area contributed by atoms with Crippen molar-refractivity contribution in [2.24, 2.45) is 0 Å². The summed E-state index contributed by atoms with van der Waals surface area (Å²) in [4.78, 5) is 0.286. The number of piperidine rings is 1. The number of nitrogens with zero attached hydrogens (tertiary/aromatic N) is 1. The first-order valence-corrected chi connectivity index (χ1v) is 10.2. The summed E-state index contributed by atoms with van der Waals surface area (Å²) in [5, 5.41) is 3.35. The molecule has 0 unspecified atom stereocenters. The van der Waals surface area contributed by atoms with Crippen LogP contribution in [0.15, 0.2) is 59.5 Å². The first-order chi connectivity index (χ1) is 12.6. The minimum absolute atomic E-state index is 0.286. The molecule has 2 aromatic rings. The van der Waals surface area contributed by atoms with E-state index in [1.165, 1.54) is 4.31 Å². The summed E-state index contributed by atoms with van der Waals surface area (Å²) in [6.07, 6.45) is 1.34. The molecule has 138 valence electrons. The first kappa shape index (κ1) is 17.5. The van der Waals surface area contributed by atoms with E-state index in [2.05, 4.69) is 5.32 Å². The van der Waals surface area contributed by atoms with Crippen LogP contribution in [0.5, 0.6) is 11.5 Å².